The number of alkyl carbamates (subject to hydrolysis) is 1. The zero-order valence-corrected chi connectivity index (χ0v) is 12.7. The molecule has 8 heteroatoms. The maximum Gasteiger partial charge on any atom is 0.407 e. The number of carbonyl (C=O) groups excluding carboxylic acids is 1. The van der Waals surface area contributed by atoms with Crippen LogP contribution in [0.5, 0.6) is 5.75 Å². The number of benzene rings is 1. The number of aliphatic hydroxyl groups is 1. The van der Waals surface area contributed by atoms with E-state index in [2.05, 4.69) is 5.32 Å². The average Bonchev–Trinajstić information content (AvgIpc) is 2.45. The molecule has 0 spiro atoms. The van der Waals surface area contributed by atoms with Crippen LogP contribution in [-0.2, 0) is 21.2 Å². The second kappa shape index (κ2) is 7.84. The lowest BCUT2D eigenvalue weighted by atomic mass is 10.2. The minimum absolute atomic E-state index is 0.0684. The highest BCUT2D eigenvalue weighted by molar-refractivity contribution is 7.91. The first kappa shape index (κ1) is 17.3. The SMILES string of the molecule is COc1ccc(COC(=O)NCCS(=O)(=O)C(C)O)cc1. The molecule has 0 aliphatic heterocycles. The van der Waals surface area contributed by atoms with Crippen molar-refractivity contribution in [2.45, 2.75) is 19.0 Å². The molecule has 2 N–H and O–H groups in total. The molecule has 1 rings (SSSR count). The molecule has 0 fully saturated rings. The summed E-state index contributed by atoms with van der Waals surface area (Å²) in [5, 5.41) is 11.3. The van der Waals surface area contributed by atoms with Gasteiger partial charge >= 0.3 is 6.09 Å². The third-order valence-corrected chi connectivity index (χ3v) is 4.52. The number of amides is 1. The van der Waals surface area contributed by atoms with Crippen molar-refractivity contribution in [3.8, 4) is 5.75 Å². The number of hydrogen-bond acceptors (Lipinski definition) is 6. The Balaban J connectivity index is 2.31. The van der Waals surface area contributed by atoms with Gasteiger partial charge in [-0.15, -0.1) is 0 Å². The Morgan fingerprint density at radius 2 is 1.95 bits per heavy atom. The Morgan fingerprint density at radius 1 is 1.33 bits per heavy atom. The van der Waals surface area contributed by atoms with Crippen LogP contribution in [-0.4, -0.2) is 44.5 Å². The van der Waals surface area contributed by atoms with E-state index < -0.39 is 21.4 Å². The number of methoxy groups -OCH3 is 1. The van der Waals surface area contributed by atoms with Crippen LogP contribution < -0.4 is 10.1 Å². The summed E-state index contributed by atoms with van der Waals surface area (Å²) >= 11 is 0. The van der Waals surface area contributed by atoms with Gasteiger partial charge in [0.1, 0.15) is 12.4 Å². The molecule has 1 atom stereocenters. The van der Waals surface area contributed by atoms with E-state index in [1.165, 1.54) is 0 Å². The van der Waals surface area contributed by atoms with Gasteiger partial charge in [-0.25, -0.2) is 13.2 Å². The number of carbonyl (C=O) groups is 1. The van der Waals surface area contributed by atoms with Crippen LogP contribution in [0, 0.1) is 0 Å². The maximum absolute atomic E-state index is 11.4. The number of hydrogen-bond donors (Lipinski definition) is 2. The third kappa shape index (κ3) is 6.01. The quantitative estimate of drug-likeness (QED) is 0.766. The number of sulfone groups is 1. The van der Waals surface area contributed by atoms with Crippen LogP contribution in [0.4, 0.5) is 4.79 Å². The molecular weight excluding hydrogens is 298 g/mol. The van der Waals surface area contributed by atoms with Crippen molar-refractivity contribution in [2.24, 2.45) is 0 Å². The highest BCUT2D eigenvalue weighted by Crippen LogP contribution is 2.11. The fraction of sp³-hybridized carbons (Fsp3) is 0.462. The average molecular weight is 317 g/mol. The molecule has 1 amide bonds. The minimum Gasteiger partial charge on any atom is -0.497 e. The second-order valence-corrected chi connectivity index (χ2v) is 6.73. The number of aliphatic hydroxyl groups excluding tert-OH is 1. The van der Waals surface area contributed by atoms with Gasteiger partial charge in [-0.3, -0.25) is 0 Å². The predicted molar refractivity (Wildman–Crippen MR) is 76.6 cm³/mol. The molecule has 0 saturated heterocycles. The van der Waals surface area contributed by atoms with Gasteiger partial charge < -0.3 is 19.9 Å². The molecule has 7 nitrogen and oxygen atoms in total. The maximum atomic E-state index is 11.4. The number of ether oxygens (including phenoxy) is 2. The van der Waals surface area contributed by atoms with Gasteiger partial charge in [-0.2, -0.15) is 0 Å². The van der Waals surface area contributed by atoms with Crippen LogP contribution >= 0.6 is 0 Å². The zero-order valence-electron chi connectivity index (χ0n) is 11.9. The summed E-state index contributed by atoms with van der Waals surface area (Å²) in [4.78, 5) is 11.4. The van der Waals surface area contributed by atoms with Crippen molar-refractivity contribution in [3.63, 3.8) is 0 Å². The van der Waals surface area contributed by atoms with Gasteiger partial charge in [0.25, 0.3) is 0 Å². The smallest absolute Gasteiger partial charge is 0.407 e. The first-order valence-electron chi connectivity index (χ1n) is 6.28. The summed E-state index contributed by atoms with van der Waals surface area (Å²) in [6, 6.07) is 6.99. The third-order valence-electron chi connectivity index (χ3n) is 2.70. The zero-order chi connectivity index (χ0) is 15.9. The van der Waals surface area contributed by atoms with Gasteiger partial charge in [-0.1, -0.05) is 12.1 Å². The van der Waals surface area contributed by atoms with E-state index in [0.717, 1.165) is 12.5 Å². The summed E-state index contributed by atoms with van der Waals surface area (Å²) in [5.74, 6) is 0.356. The fourth-order valence-corrected chi connectivity index (χ4v) is 2.12. The Labute approximate surface area is 123 Å². The van der Waals surface area contributed by atoms with Crippen molar-refractivity contribution in [3.05, 3.63) is 29.8 Å². The van der Waals surface area contributed by atoms with Crippen LogP contribution in [0.25, 0.3) is 0 Å². The van der Waals surface area contributed by atoms with Crippen LogP contribution in [0.15, 0.2) is 24.3 Å². The summed E-state index contributed by atoms with van der Waals surface area (Å²) in [5.41, 5.74) is -0.669. The molecule has 0 radical (unpaired) electrons. The monoisotopic (exact) mass is 317 g/mol. The lowest BCUT2D eigenvalue weighted by Gasteiger charge is -2.09. The van der Waals surface area contributed by atoms with Gasteiger partial charge in [0.2, 0.25) is 0 Å². The van der Waals surface area contributed by atoms with E-state index >= 15 is 0 Å². The van der Waals surface area contributed by atoms with Crippen LogP contribution in [0.3, 0.4) is 0 Å². The molecule has 0 bridgehead atoms. The Kier molecular flexibility index (Phi) is 6.44. The predicted octanol–water partition coefficient (Wildman–Crippen LogP) is 0.674. The molecule has 118 valence electrons. The summed E-state index contributed by atoms with van der Waals surface area (Å²) in [7, 11) is -2.04. The van der Waals surface area contributed by atoms with Gasteiger partial charge in [0.05, 0.1) is 12.9 Å². The summed E-state index contributed by atoms with van der Waals surface area (Å²) < 4.78 is 32.5. The lowest BCUT2D eigenvalue weighted by Crippen LogP contribution is -2.32. The van der Waals surface area contributed by atoms with Crippen molar-refractivity contribution in [1.82, 2.24) is 5.32 Å². The van der Waals surface area contributed by atoms with E-state index in [9.17, 15) is 13.2 Å². The topological polar surface area (TPSA) is 102 Å². The molecule has 1 aromatic carbocycles. The minimum atomic E-state index is -3.60. The van der Waals surface area contributed by atoms with Crippen molar-refractivity contribution in [2.75, 3.05) is 19.4 Å². The molecule has 0 aliphatic rings. The lowest BCUT2D eigenvalue weighted by molar-refractivity contribution is 0.140. The van der Waals surface area contributed by atoms with Crippen molar-refractivity contribution >= 4 is 15.9 Å². The first-order valence-corrected chi connectivity index (χ1v) is 8.00. The Hall–Kier alpha value is -1.80. The van der Waals surface area contributed by atoms with Crippen LogP contribution in [0.1, 0.15) is 12.5 Å². The molecule has 0 saturated carbocycles. The molecule has 0 aromatic heterocycles. The second-order valence-electron chi connectivity index (χ2n) is 4.32. The molecule has 1 aromatic rings. The van der Waals surface area contributed by atoms with Gasteiger partial charge in [-0.05, 0) is 24.6 Å². The molecular formula is C13H19NO6S. The standard InChI is InChI=1S/C13H19NO6S/c1-10(15)21(17,18)8-7-14-13(16)20-9-11-3-5-12(19-2)6-4-11/h3-6,10,15H,7-9H2,1-2H3,(H,14,16). The van der Waals surface area contributed by atoms with E-state index in [4.69, 9.17) is 14.6 Å². The summed E-state index contributed by atoms with van der Waals surface area (Å²) in [6.07, 6.45) is -0.716. The normalized spacial score (nSPS) is 12.5. The highest BCUT2D eigenvalue weighted by atomic mass is 32.2. The molecule has 0 aliphatic carbocycles. The largest absolute Gasteiger partial charge is 0.497 e. The van der Waals surface area contributed by atoms with Gasteiger partial charge in [0, 0.05) is 6.54 Å². The van der Waals surface area contributed by atoms with E-state index in [-0.39, 0.29) is 18.9 Å². The van der Waals surface area contributed by atoms with Crippen molar-refractivity contribution in [1.29, 1.82) is 0 Å². The van der Waals surface area contributed by atoms with E-state index in [1.807, 2.05) is 0 Å². The highest BCUT2D eigenvalue weighted by Gasteiger charge is 2.17. The van der Waals surface area contributed by atoms with Crippen molar-refractivity contribution < 1.29 is 27.8 Å². The molecule has 21 heavy (non-hydrogen) atoms. The molecule has 0 heterocycles. The van der Waals surface area contributed by atoms with Gasteiger partial charge in [0.15, 0.2) is 15.3 Å². The van der Waals surface area contributed by atoms with E-state index in [1.54, 1.807) is 31.4 Å². The fourth-order valence-electron chi connectivity index (χ4n) is 1.39. The molecule has 1 unspecified atom stereocenters. The Morgan fingerprint density at radius 3 is 2.48 bits per heavy atom. The Bertz CT molecular complexity index is 553. The van der Waals surface area contributed by atoms with Crippen LogP contribution in [0.2, 0.25) is 0 Å². The summed E-state index contributed by atoms with van der Waals surface area (Å²) in [6.45, 7) is 1.12. The first-order chi connectivity index (χ1) is 9.85. The van der Waals surface area contributed by atoms with E-state index in [0.29, 0.717) is 5.75 Å². The number of nitrogens with one attached hydrogen (secondary N) is 1. The number of rotatable bonds is 7.